The first-order valence-electron chi connectivity index (χ1n) is 4.09. The van der Waals surface area contributed by atoms with Crippen LogP contribution in [-0.2, 0) is 9.47 Å². The largest absolute Gasteiger partial charge is 0.368 e. The molecule has 4 heteroatoms. The minimum Gasteiger partial charge on any atom is -0.368 e. The number of aliphatic hydroxyl groups is 1. The molecule has 0 aromatic rings. The van der Waals surface area contributed by atoms with Gasteiger partial charge in [-0.05, 0) is 34.9 Å². The number of aliphatic hydroxyl groups excluding tert-OH is 1. The summed E-state index contributed by atoms with van der Waals surface area (Å²) in [6, 6.07) is 0. The van der Waals surface area contributed by atoms with Crippen molar-refractivity contribution >= 4 is 0 Å². The standard InChI is InChI=1S/C8H19NO3/c1-6(9(4)5)11-8(3)12-7(2)10/h6-8,10H,1-5H3. The van der Waals surface area contributed by atoms with Crippen LogP contribution in [0.4, 0.5) is 0 Å². The zero-order valence-corrected chi connectivity index (χ0v) is 8.44. The minimum absolute atomic E-state index is 0.0150. The van der Waals surface area contributed by atoms with Gasteiger partial charge in [0.2, 0.25) is 0 Å². The fourth-order valence-electron chi connectivity index (χ4n) is 0.708. The van der Waals surface area contributed by atoms with Gasteiger partial charge in [0.25, 0.3) is 0 Å². The van der Waals surface area contributed by atoms with E-state index in [0.29, 0.717) is 0 Å². The highest BCUT2D eigenvalue weighted by Gasteiger charge is 2.11. The van der Waals surface area contributed by atoms with Crippen molar-refractivity contribution in [2.45, 2.75) is 39.6 Å². The van der Waals surface area contributed by atoms with Crippen molar-refractivity contribution in [1.29, 1.82) is 0 Å². The van der Waals surface area contributed by atoms with Crippen LogP contribution in [0.5, 0.6) is 0 Å². The van der Waals surface area contributed by atoms with Gasteiger partial charge in [-0.2, -0.15) is 0 Å². The van der Waals surface area contributed by atoms with Gasteiger partial charge < -0.3 is 14.6 Å². The van der Waals surface area contributed by atoms with Crippen LogP contribution < -0.4 is 0 Å². The average Bonchev–Trinajstić information content (AvgIpc) is 1.84. The van der Waals surface area contributed by atoms with Gasteiger partial charge >= 0.3 is 0 Å². The number of hydrogen-bond acceptors (Lipinski definition) is 4. The lowest BCUT2D eigenvalue weighted by Crippen LogP contribution is -2.33. The molecule has 12 heavy (non-hydrogen) atoms. The Morgan fingerprint density at radius 1 is 1.08 bits per heavy atom. The third-order valence-electron chi connectivity index (χ3n) is 1.50. The molecule has 0 spiro atoms. The summed E-state index contributed by atoms with van der Waals surface area (Å²) in [6.45, 7) is 5.23. The summed E-state index contributed by atoms with van der Waals surface area (Å²) in [5, 5.41) is 8.86. The summed E-state index contributed by atoms with van der Waals surface area (Å²) in [5.74, 6) is 0. The molecule has 1 N–H and O–H groups in total. The van der Waals surface area contributed by atoms with Crippen LogP contribution in [0, 0.1) is 0 Å². The molecular weight excluding hydrogens is 158 g/mol. The van der Waals surface area contributed by atoms with Gasteiger partial charge in [-0.25, -0.2) is 0 Å². The smallest absolute Gasteiger partial charge is 0.160 e. The van der Waals surface area contributed by atoms with E-state index in [-0.39, 0.29) is 12.5 Å². The molecule has 0 amide bonds. The van der Waals surface area contributed by atoms with Crippen molar-refractivity contribution < 1.29 is 14.6 Å². The van der Waals surface area contributed by atoms with Crippen molar-refractivity contribution in [3.8, 4) is 0 Å². The molecular formula is C8H19NO3. The lowest BCUT2D eigenvalue weighted by atomic mass is 10.6. The number of hydrogen-bond donors (Lipinski definition) is 1. The molecule has 3 atom stereocenters. The predicted molar refractivity (Wildman–Crippen MR) is 46.5 cm³/mol. The second-order valence-electron chi connectivity index (χ2n) is 3.00. The zero-order chi connectivity index (χ0) is 9.72. The average molecular weight is 177 g/mol. The topological polar surface area (TPSA) is 41.9 Å². The van der Waals surface area contributed by atoms with E-state index < -0.39 is 6.29 Å². The Morgan fingerprint density at radius 3 is 1.92 bits per heavy atom. The maximum absolute atomic E-state index is 8.86. The quantitative estimate of drug-likeness (QED) is 0.625. The number of nitrogens with zero attached hydrogens (tertiary/aromatic N) is 1. The van der Waals surface area contributed by atoms with Gasteiger partial charge in [0.1, 0.15) is 6.23 Å². The molecule has 4 nitrogen and oxygen atoms in total. The summed E-state index contributed by atoms with van der Waals surface area (Å²) in [6.07, 6.45) is -1.18. The first-order valence-corrected chi connectivity index (χ1v) is 4.09. The Kier molecular flexibility index (Phi) is 5.41. The third-order valence-corrected chi connectivity index (χ3v) is 1.50. The predicted octanol–water partition coefficient (Wildman–Crippen LogP) is 0.611. The normalized spacial score (nSPS) is 19.2. The first kappa shape index (κ1) is 11.8. The maximum Gasteiger partial charge on any atom is 0.160 e. The summed E-state index contributed by atoms with van der Waals surface area (Å²) < 4.78 is 10.3. The van der Waals surface area contributed by atoms with Gasteiger partial charge in [-0.3, -0.25) is 4.90 Å². The van der Waals surface area contributed by atoms with E-state index in [9.17, 15) is 0 Å². The lowest BCUT2D eigenvalue weighted by Gasteiger charge is -2.25. The highest BCUT2D eigenvalue weighted by Crippen LogP contribution is 2.03. The molecule has 0 heterocycles. The molecule has 0 aliphatic carbocycles. The van der Waals surface area contributed by atoms with E-state index in [2.05, 4.69) is 0 Å². The van der Waals surface area contributed by atoms with Crippen LogP contribution in [0.25, 0.3) is 0 Å². The first-order chi connectivity index (χ1) is 5.43. The van der Waals surface area contributed by atoms with E-state index in [1.807, 2.05) is 25.9 Å². The van der Waals surface area contributed by atoms with Crippen molar-refractivity contribution in [2.75, 3.05) is 14.1 Å². The van der Waals surface area contributed by atoms with Crippen LogP contribution in [0.15, 0.2) is 0 Å². The van der Waals surface area contributed by atoms with Gasteiger partial charge in [-0.1, -0.05) is 0 Å². The second kappa shape index (κ2) is 5.48. The fourth-order valence-corrected chi connectivity index (χ4v) is 0.708. The van der Waals surface area contributed by atoms with E-state index in [1.54, 1.807) is 13.8 Å². The van der Waals surface area contributed by atoms with Crippen LogP contribution in [0.2, 0.25) is 0 Å². The van der Waals surface area contributed by atoms with Crippen LogP contribution in [0.3, 0.4) is 0 Å². The van der Waals surface area contributed by atoms with Crippen LogP contribution >= 0.6 is 0 Å². The van der Waals surface area contributed by atoms with Gasteiger partial charge in [0.15, 0.2) is 12.6 Å². The molecule has 0 aliphatic rings. The van der Waals surface area contributed by atoms with Gasteiger partial charge in [-0.15, -0.1) is 0 Å². The SMILES string of the molecule is CC(O)OC(C)OC(C)N(C)C. The molecule has 0 radical (unpaired) electrons. The lowest BCUT2D eigenvalue weighted by molar-refractivity contribution is -0.242. The van der Waals surface area contributed by atoms with Crippen LogP contribution in [-0.4, -0.2) is 42.9 Å². The van der Waals surface area contributed by atoms with Crippen molar-refractivity contribution in [3.63, 3.8) is 0 Å². The van der Waals surface area contributed by atoms with Gasteiger partial charge in [0, 0.05) is 0 Å². The summed E-state index contributed by atoms with van der Waals surface area (Å²) >= 11 is 0. The van der Waals surface area contributed by atoms with Crippen molar-refractivity contribution in [2.24, 2.45) is 0 Å². The van der Waals surface area contributed by atoms with Crippen LogP contribution in [0.1, 0.15) is 20.8 Å². The molecule has 74 valence electrons. The Hall–Kier alpha value is -0.160. The Balaban J connectivity index is 3.61. The van der Waals surface area contributed by atoms with E-state index in [1.165, 1.54) is 0 Å². The Bertz CT molecular complexity index is 117. The molecule has 0 saturated carbocycles. The molecule has 3 unspecified atom stereocenters. The minimum atomic E-state index is -0.783. The number of ether oxygens (including phenoxy) is 2. The molecule has 0 bridgehead atoms. The summed E-state index contributed by atoms with van der Waals surface area (Å²) in [7, 11) is 3.83. The molecule has 0 aliphatic heterocycles. The molecule has 0 aromatic carbocycles. The fraction of sp³-hybridized carbons (Fsp3) is 1.00. The molecule has 0 saturated heterocycles. The molecule has 0 aromatic heterocycles. The highest BCUT2D eigenvalue weighted by atomic mass is 16.7. The monoisotopic (exact) mass is 177 g/mol. The third kappa shape index (κ3) is 5.49. The summed E-state index contributed by atoms with van der Waals surface area (Å²) in [5.41, 5.74) is 0. The zero-order valence-electron chi connectivity index (χ0n) is 8.44. The maximum atomic E-state index is 8.86. The number of rotatable bonds is 5. The van der Waals surface area contributed by atoms with E-state index in [0.717, 1.165) is 0 Å². The Labute approximate surface area is 74.1 Å². The van der Waals surface area contributed by atoms with E-state index >= 15 is 0 Å². The summed E-state index contributed by atoms with van der Waals surface area (Å²) in [4.78, 5) is 1.92. The molecule has 0 fully saturated rings. The van der Waals surface area contributed by atoms with Gasteiger partial charge in [0.05, 0.1) is 0 Å². The highest BCUT2D eigenvalue weighted by molar-refractivity contribution is 4.45. The van der Waals surface area contributed by atoms with E-state index in [4.69, 9.17) is 14.6 Å². The van der Waals surface area contributed by atoms with Crippen molar-refractivity contribution in [3.05, 3.63) is 0 Å². The molecule has 0 rings (SSSR count). The van der Waals surface area contributed by atoms with Crippen molar-refractivity contribution in [1.82, 2.24) is 4.90 Å². The second-order valence-corrected chi connectivity index (χ2v) is 3.00. The Morgan fingerprint density at radius 2 is 1.58 bits per heavy atom.